The molecule has 0 fully saturated rings. The van der Waals surface area contributed by atoms with Crippen molar-refractivity contribution in [2.75, 3.05) is 5.75 Å². The molecule has 0 saturated heterocycles. The molecule has 2 rings (SSSR count). The van der Waals surface area contributed by atoms with Crippen LogP contribution < -0.4 is 0 Å². The first kappa shape index (κ1) is 13.1. The standard InChI is InChI=1S/C15H15FOS/c1-2-18-12-9-7-11(8-10-12)15(17)13-5-3-4-6-14(13)16/h3-10,15,17H,2H2,1H3. The Labute approximate surface area is 111 Å². The lowest BCUT2D eigenvalue weighted by Crippen LogP contribution is -2.02. The molecule has 0 spiro atoms. The van der Waals surface area contributed by atoms with Crippen LogP contribution in [-0.4, -0.2) is 10.9 Å². The van der Waals surface area contributed by atoms with Gasteiger partial charge in [-0.25, -0.2) is 4.39 Å². The van der Waals surface area contributed by atoms with Gasteiger partial charge in [0.2, 0.25) is 0 Å². The van der Waals surface area contributed by atoms with E-state index in [4.69, 9.17) is 0 Å². The molecule has 2 aromatic rings. The molecule has 0 aliphatic rings. The number of aliphatic hydroxyl groups excluding tert-OH is 1. The lowest BCUT2D eigenvalue weighted by atomic mass is 10.0. The number of halogens is 1. The molecule has 1 atom stereocenters. The molecule has 0 radical (unpaired) electrons. The van der Waals surface area contributed by atoms with E-state index in [9.17, 15) is 9.50 Å². The van der Waals surface area contributed by atoms with Crippen LogP contribution in [-0.2, 0) is 0 Å². The van der Waals surface area contributed by atoms with E-state index >= 15 is 0 Å². The van der Waals surface area contributed by atoms with Gasteiger partial charge in [-0.1, -0.05) is 37.3 Å². The van der Waals surface area contributed by atoms with Gasteiger partial charge in [-0.05, 0) is 29.5 Å². The highest BCUT2D eigenvalue weighted by Crippen LogP contribution is 2.26. The van der Waals surface area contributed by atoms with E-state index in [0.717, 1.165) is 10.6 Å². The lowest BCUT2D eigenvalue weighted by Gasteiger charge is -2.12. The van der Waals surface area contributed by atoms with Crippen LogP contribution in [0.25, 0.3) is 0 Å². The quantitative estimate of drug-likeness (QED) is 0.840. The maximum absolute atomic E-state index is 13.6. The summed E-state index contributed by atoms with van der Waals surface area (Å²) < 4.78 is 13.6. The van der Waals surface area contributed by atoms with Crippen molar-refractivity contribution in [1.29, 1.82) is 0 Å². The summed E-state index contributed by atoms with van der Waals surface area (Å²) in [5.74, 6) is 0.631. The van der Waals surface area contributed by atoms with Crippen molar-refractivity contribution < 1.29 is 9.50 Å². The van der Waals surface area contributed by atoms with Crippen molar-refractivity contribution in [3.8, 4) is 0 Å². The van der Waals surface area contributed by atoms with E-state index in [1.165, 1.54) is 6.07 Å². The van der Waals surface area contributed by atoms with Gasteiger partial charge in [-0.3, -0.25) is 0 Å². The van der Waals surface area contributed by atoms with Gasteiger partial charge in [-0.2, -0.15) is 0 Å². The maximum Gasteiger partial charge on any atom is 0.129 e. The van der Waals surface area contributed by atoms with Gasteiger partial charge in [0.25, 0.3) is 0 Å². The maximum atomic E-state index is 13.6. The number of aliphatic hydroxyl groups is 1. The van der Waals surface area contributed by atoms with Gasteiger partial charge in [0.15, 0.2) is 0 Å². The van der Waals surface area contributed by atoms with Crippen LogP contribution in [0.1, 0.15) is 24.2 Å². The Morgan fingerprint density at radius 1 is 1.11 bits per heavy atom. The average Bonchev–Trinajstić information content (AvgIpc) is 2.40. The molecule has 0 bridgehead atoms. The molecule has 1 unspecified atom stereocenters. The predicted molar refractivity (Wildman–Crippen MR) is 73.3 cm³/mol. The fraction of sp³-hybridized carbons (Fsp3) is 0.200. The van der Waals surface area contributed by atoms with Crippen LogP contribution in [0.15, 0.2) is 53.4 Å². The molecule has 18 heavy (non-hydrogen) atoms. The Balaban J connectivity index is 2.23. The molecule has 0 aromatic heterocycles. The molecule has 1 N–H and O–H groups in total. The van der Waals surface area contributed by atoms with Gasteiger partial charge in [0, 0.05) is 10.5 Å². The summed E-state index contributed by atoms with van der Waals surface area (Å²) in [7, 11) is 0. The number of benzene rings is 2. The molecule has 0 aliphatic carbocycles. The molecule has 3 heteroatoms. The van der Waals surface area contributed by atoms with Crippen LogP contribution in [0.3, 0.4) is 0 Å². The highest BCUT2D eigenvalue weighted by atomic mass is 32.2. The molecule has 2 aromatic carbocycles. The topological polar surface area (TPSA) is 20.2 Å². The summed E-state index contributed by atoms with van der Waals surface area (Å²) in [6.45, 7) is 2.09. The number of hydrogen-bond acceptors (Lipinski definition) is 2. The van der Waals surface area contributed by atoms with Gasteiger partial charge < -0.3 is 5.11 Å². The van der Waals surface area contributed by atoms with Crippen molar-refractivity contribution in [3.05, 3.63) is 65.5 Å². The largest absolute Gasteiger partial charge is 0.384 e. The summed E-state index contributed by atoms with van der Waals surface area (Å²) in [5.41, 5.74) is 1.02. The third kappa shape index (κ3) is 2.92. The zero-order valence-corrected chi connectivity index (χ0v) is 11.0. The normalized spacial score (nSPS) is 12.4. The average molecular weight is 262 g/mol. The molecule has 0 saturated carbocycles. The first-order valence-corrected chi connectivity index (χ1v) is 6.86. The summed E-state index contributed by atoms with van der Waals surface area (Å²) in [5, 5.41) is 10.1. The minimum absolute atomic E-state index is 0.313. The molecule has 0 amide bonds. The monoisotopic (exact) mass is 262 g/mol. The fourth-order valence-electron chi connectivity index (χ4n) is 1.79. The van der Waals surface area contributed by atoms with E-state index in [1.807, 2.05) is 24.3 Å². The van der Waals surface area contributed by atoms with Crippen LogP contribution in [0.5, 0.6) is 0 Å². The van der Waals surface area contributed by atoms with E-state index in [2.05, 4.69) is 6.92 Å². The second-order valence-electron chi connectivity index (χ2n) is 3.93. The Hall–Kier alpha value is -1.32. The van der Waals surface area contributed by atoms with Crippen LogP contribution in [0.4, 0.5) is 4.39 Å². The second kappa shape index (κ2) is 6.03. The Kier molecular flexibility index (Phi) is 4.39. The van der Waals surface area contributed by atoms with Crippen molar-refractivity contribution in [1.82, 2.24) is 0 Å². The highest BCUT2D eigenvalue weighted by Gasteiger charge is 2.14. The molecular formula is C15H15FOS. The third-order valence-electron chi connectivity index (χ3n) is 2.71. The van der Waals surface area contributed by atoms with Crippen LogP contribution in [0, 0.1) is 5.82 Å². The summed E-state index contributed by atoms with van der Waals surface area (Å²) in [4.78, 5) is 1.15. The fourth-order valence-corrected chi connectivity index (χ4v) is 2.45. The molecular weight excluding hydrogens is 247 g/mol. The number of hydrogen-bond donors (Lipinski definition) is 1. The van der Waals surface area contributed by atoms with Gasteiger partial charge >= 0.3 is 0 Å². The Morgan fingerprint density at radius 2 is 1.78 bits per heavy atom. The van der Waals surface area contributed by atoms with Gasteiger partial charge in [0.05, 0.1) is 0 Å². The third-order valence-corrected chi connectivity index (χ3v) is 3.60. The van der Waals surface area contributed by atoms with Gasteiger partial charge in [0.1, 0.15) is 11.9 Å². The first-order chi connectivity index (χ1) is 8.72. The Morgan fingerprint density at radius 3 is 2.39 bits per heavy atom. The molecule has 1 nitrogen and oxygen atoms in total. The van der Waals surface area contributed by atoms with Crippen molar-refractivity contribution in [3.63, 3.8) is 0 Å². The van der Waals surface area contributed by atoms with E-state index in [0.29, 0.717) is 11.1 Å². The van der Waals surface area contributed by atoms with E-state index < -0.39 is 6.10 Å². The molecule has 0 aliphatic heterocycles. The molecule has 0 heterocycles. The summed E-state index contributed by atoms with van der Waals surface area (Å²) >= 11 is 1.74. The van der Waals surface area contributed by atoms with E-state index in [-0.39, 0.29) is 5.82 Å². The van der Waals surface area contributed by atoms with Crippen molar-refractivity contribution in [2.45, 2.75) is 17.9 Å². The van der Waals surface area contributed by atoms with E-state index in [1.54, 1.807) is 30.0 Å². The SMILES string of the molecule is CCSc1ccc(C(O)c2ccccc2F)cc1. The lowest BCUT2D eigenvalue weighted by molar-refractivity contribution is 0.215. The predicted octanol–water partition coefficient (Wildman–Crippen LogP) is 4.02. The number of rotatable bonds is 4. The van der Waals surface area contributed by atoms with Crippen molar-refractivity contribution >= 4 is 11.8 Å². The first-order valence-electron chi connectivity index (χ1n) is 5.87. The summed E-state index contributed by atoms with van der Waals surface area (Å²) in [6, 6.07) is 13.9. The smallest absolute Gasteiger partial charge is 0.129 e. The van der Waals surface area contributed by atoms with Gasteiger partial charge in [-0.15, -0.1) is 11.8 Å². The van der Waals surface area contributed by atoms with Crippen LogP contribution >= 0.6 is 11.8 Å². The second-order valence-corrected chi connectivity index (χ2v) is 5.26. The Bertz CT molecular complexity index is 510. The number of thioether (sulfide) groups is 1. The highest BCUT2D eigenvalue weighted by molar-refractivity contribution is 7.99. The van der Waals surface area contributed by atoms with Crippen LogP contribution in [0.2, 0.25) is 0 Å². The summed E-state index contributed by atoms with van der Waals surface area (Å²) in [6.07, 6.45) is -0.910. The minimum atomic E-state index is -0.910. The zero-order valence-electron chi connectivity index (χ0n) is 10.1. The van der Waals surface area contributed by atoms with Crippen molar-refractivity contribution in [2.24, 2.45) is 0 Å². The minimum Gasteiger partial charge on any atom is -0.384 e. The molecule has 94 valence electrons. The zero-order chi connectivity index (χ0) is 13.0.